The van der Waals surface area contributed by atoms with Crippen LogP contribution in [0.25, 0.3) is 10.2 Å². The van der Waals surface area contributed by atoms with Crippen molar-refractivity contribution in [3.05, 3.63) is 21.8 Å². The van der Waals surface area contributed by atoms with E-state index >= 15 is 0 Å². The van der Waals surface area contributed by atoms with Crippen LogP contribution in [0, 0.1) is 11.3 Å². The van der Waals surface area contributed by atoms with Crippen LogP contribution < -0.4 is 10.9 Å². The summed E-state index contributed by atoms with van der Waals surface area (Å²) < 4.78 is 2.23. The van der Waals surface area contributed by atoms with Crippen molar-refractivity contribution in [1.82, 2.24) is 14.9 Å². The average molecular weight is 377 g/mol. The van der Waals surface area contributed by atoms with E-state index in [1.807, 2.05) is 18.4 Å². The Morgan fingerprint density at radius 2 is 2.24 bits per heavy atom. The lowest BCUT2D eigenvalue weighted by atomic mass is 9.83. The van der Waals surface area contributed by atoms with Gasteiger partial charge in [-0.05, 0) is 31.2 Å². The first-order valence-corrected chi connectivity index (χ1v) is 10.3. The monoisotopic (exact) mass is 376 g/mol. The lowest BCUT2D eigenvalue weighted by Crippen LogP contribution is -2.49. The number of carbonyl (C=O) groups is 1. The fourth-order valence-electron chi connectivity index (χ4n) is 3.17. The van der Waals surface area contributed by atoms with E-state index in [2.05, 4.69) is 16.4 Å². The van der Waals surface area contributed by atoms with Gasteiger partial charge in [0.15, 0.2) is 5.16 Å². The van der Waals surface area contributed by atoms with Gasteiger partial charge in [-0.25, -0.2) is 4.98 Å². The summed E-state index contributed by atoms with van der Waals surface area (Å²) in [6.45, 7) is 2.39. The summed E-state index contributed by atoms with van der Waals surface area (Å²) in [4.78, 5) is 29.3. The quantitative estimate of drug-likeness (QED) is 0.640. The number of carbonyl (C=O) groups excluding carboxylic acids is 1. The molecule has 0 aliphatic heterocycles. The van der Waals surface area contributed by atoms with Crippen molar-refractivity contribution in [2.75, 3.05) is 5.75 Å². The molecule has 0 saturated heterocycles. The Kier molecular flexibility index (Phi) is 5.45. The van der Waals surface area contributed by atoms with Crippen LogP contribution in [0.5, 0.6) is 0 Å². The fourth-order valence-corrected chi connectivity index (χ4v) is 4.81. The van der Waals surface area contributed by atoms with Gasteiger partial charge in [0, 0.05) is 6.54 Å². The minimum Gasteiger partial charge on any atom is -0.337 e. The van der Waals surface area contributed by atoms with Crippen molar-refractivity contribution in [2.45, 2.75) is 56.3 Å². The topological polar surface area (TPSA) is 87.8 Å². The number of hydrogen-bond donors (Lipinski definition) is 1. The van der Waals surface area contributed by atoms with Crippen LogP contribution in [0.15, 0.2) is 21.4 Å². The molecule has 1 fully saturated rings. The zero-order valence-corrected chi connectivity index (χ0v) is 15.7. The van der Waals surface area contributed by atoms with E-state index < -0.39 is 5.54 Å². The molecule has 1 amide bonds. The SMILES string of the molecule is CCn1c(SCC(=O)NC2(C#N)CCCCC2)nc2ccsc2c1=O. The molecule has 25 heavy (non-hydrogen) atoms. The molecule has 2 heterocycles. The summed E-state index contributed by atoms with van der Waals surface area (Å²) in [5, 5.41) is 14.8. The first kappa shape index (κ1) is 18.0. The first-order valence-electron chi connectivity index (χ1n) is 8.41. The van der Waals surface area contributed by atoms with Gasteiger partial charge in [-0.3, -0.25) is 14.2 Å². The molecule has 0 spiro atoms. The first-order chi connectivity index (χ1) is 12.1. The van der Waals surface area contributed by atoms with E-state index in [1.54, 1.807) is 4.57 Å². The van der Waals surface area contributed by atoms with E-state index in [-0.39, 0.29) is 17.2 Å². The van der Waals surface area contributed by atoms with Crippen LogP contribution in [-0.2, 0) is 11.3 Å². The molecule has 8 heteroatoms. The summed E-state index contributed by atoms with van der Waals surface area (Å²) in [6.07, 6.45) is 4.46. The highest BCUT2D eigenvalue weighted by atomic mass is 32.2. The molecule has 132 valence electrons. The maximum atomic E-state index is 12.5. The molecule has 2 aromatic rings. The third kappa shape index (κ3) is 3.72. The highest BCUT2D eigenvalue weighted by Crippen LogP contribution is 2.28. The van der Waals surface area contributed by atoms with Gasteiger partial charge in [-0.15, -0.1) is 11.3 Å². The molecule has 2 aromatic heterocycles. The zero-order valence-electron chi connectivity index (χ0n) is 14.1. The second-order valence-electron chi connectivity index (χ2n) is 6.17. The Morgan fingerprint density at radius 1 is 1.48 bits per heavy atom. The van der Waals surface area contributed by atoms with Crippen molar-refractivity contribution < 1.29 is 4.79 Å². The maximum absolute atomic E-state index is 12.5. The third-order valence-corrected chi connectivity index (χ3v) is 6.35. The van der Waals surface area contributed by atoms with Crippen LogP contribution in [0.3, 0.4) is 0 Å². The highest BCUT2D eigenvalue weighted by Gasteiger charge is 2.33. The standard InChI is InChI=1S/C17H20N4O2S2/c1-2-21-15(23)14-12(6-9-24-14)19-16(21)25-10-13(22)20-17(11-18)7-4-3-5-8-17/h6,9H,2-5,7-8,10H2,1H3,(H,20,22). The summed E-state index contributed by atoms with van der Waals surface area (Å²) in [6, 6.07) is 4.11. The Bertz CT molecular complexity index is 875. The van der Waals surface area contributed by atoms with Crippen molar-refractivity contribution in [3.63, 3.8) is 0 Å². The summed E-state index contributed by atoms with van der Waals surface area (Å²) >= 11 is 2.63. The van der Waals surface area contributed by atoms with Crippen LogP contribution in [0.4, 0.5) is 0 Å². The van der Waals surface area contributed by atoms with Gasteiger partial charge in [-0.2, -0.15) is 5.26 Å². The van der Waals surface area contributed by atoms with Crippen molar-refractivity contribution in [3.8, 4) is 6.07 Å². The predicted molar refractivity (Wildman–Crippen MR) is 99.8 cm³/mol. The van der Waals surface area contributed by atoms with Crippen molar-refractivity contribution >= 4 is 39.2 Å². The van der Waals surface area contributed by atoms with Gasteiger partial charge in [-0.1, -0.05) is 31.0 Å². The molecule has 0 radical (unpaired) electrons. The lowest BCUT2D eigenvalue weighted by molar-refractivity contribution is -0.120. The second-order valence-corrected chi connectivity index (χ2v) is 8.03. The van der Waals surface area contributed by atoms with Gasteiger partial charge in [0.05, 0.1) is 17.3 Å². The molecule has 1 saturated carbocycles. The van der Waals surface area contributed by atoms with Crippen LogP contribution >= 0.6 is 23.1 Å². The van der Waals surface area contributed by atoms with Crippen molar-refractivity contribution in [2.24, 2.45) is 0 Å². The maximum Gasteiger partial charge on any atom is 0.272 e. The predicted octanol–water partition coefficient (Wildman–Crippen LogP) is 2.91. The minimum absolute atomic E-state index is 0.0637. The van der Waals surface area contributed by atoms with Gasteiger partial charge < -0.3 is 5.32 Å². The molecule has 3 rings (SSSR count). The fraction of sp³-hybridized carbons (Fsp3) is 0.529. The van der Waals surface area contributed by atoms with Gasteiger partial charge >= 0.3 is 0 Å². The Balaban J connectivity index is 1.73. The third-order valence-electron chi connectivity index (χ3n) is 4.48. The zero-order chi connectivity index (χ0) is 17.9. The Morgan fingerprint density at radius 3 is 2.92 bits per heavy atom. The number of amides is 1. The molecule has 1 N–H and O–H groups in total. The largest absolute Gasteiger partial charge is 0.337 e. The van der Waals surface area contributed by atoms with Gasteiger partial charge in [0.25, 0.3) is 5.56 Å². The van der Waals surface area contributed by atoms with E-state index in [0.717, 1.165) is 19.3 Å². The molecule has 1 aliphatic carbocycles. The number of aromatic nitrogens is 2. The smallest absolute Gasteiger partial charge is 0.272 e. The normalized spacial score (nSPS) is 16.5. The number of thiophene rings is 1. The van der Waals surface area contributed by atoms with Gasteiger partial charge in [0.2, 0.25) is 5.91 Å². The van der Waals surface area contributed by atoms with Crippen LogP contribution in [0.2, 0.25) is 0 Å². The highest BCUT2D eigenvalue weighted by molar-refractivity contribution is 7.99. The Labute approximate surface area is 154 Å². The number of fused-ring (bicyclic) bond motifs is 1. The second kappa shape index (κ2) is 7.58. The number of rotatable bonds is 5. The lowest BCUT2D eigenvalue weighted by Gasteiger charge is -2.31. The molecule has 0 atom stereocenters. The number of nitrogens with zero attached hydrogens (tertiary/aromatic N) is 3. The van der Waals surface area contributed by atoms with E-state index in [1.165, 1.54) is 23.1 Å². The summed E-state index contributed by atoms with van der Waals surface area (Å²) in [5.41, 5.74) is -0.125. The van der Waals surface area contributed by atoms with E-state index in [4.69, 9.17) is 0 Å². The van der Waals surface area contributed by atoms with E-state index in [0.29, 0.717) is 34.8 Å². The Hall–Kier alpha value is -1.85. The van der Waals surface area contributed by atoms with Crippen LogP contribution in [-0.4, -0.2) is 26.8 Å². The molecule has 1 aliphatic rings. The average Bonchev–Trinajstić information content (AvgIpc) is 3.10. The van der Waals surface area contributed by atoms with Gasteiger partial charge in [0.1, 0.15) is 10.2 Å². The number of nitrogens with one attached hydrogen (secondary N) is 1. The molecular formula is C17H20N4O2S2. The minimum atomic E-state index is -0.731. The van der Waals surface area contributed by atoms with Crippen molar-refractivity contribution in [1.29, 1.82) is 5.26 Å². The molecule has 6 nitrogen and oxygen atoms in total. The van der Waals surface area contributed by atoms with Crippen LogP contribution in [0.1, 0.15) is 39.0 Å². The summed E-state index contributed by atoms with van der Waals surface area (Å²) in [5.74, 6) is -0.0401. The van der Waals surface area contributed by atoms with E-state index in [9.17, 15) is 14.9 Å². The number of nitriles is 1. The summed E-state index contributed by atoms with van der Waals surface area (Å²) in [7, 11) is 0. The number of hydrogen-bond acceptors (Lipinski definition) is 6. The molecule has 0 aromatic carbocycles. The molecule has 0 bridgehead atoms. The number of thioether (sulfide) groups is 1. The molecule has 0 unspecified atom stereocenters. The molecular weight excluding hydrogens is 356 g/mol.